The van der Waals surface area contributed by atoms with Gasteiger partial charge in [-0.05, 0) is 19.1 Å². The molecular formula is C17H12ClF3N8. The third-order valence-corrected chi connectivity index (χ3v) is 4.39. The van der Waals surface area contributed by atoms with Crippen molar-refractivity contribution in [3.63, 3.8) is 0 Å². The maximum atomic E-state index is 13.2. The van der Waals surface area contributed by atoms with E-state index < -0.39 is 17.8 Å². The van der Waals surface area contributed by atoms with Crippen molar-refractivity contribution in [3.05, 3.63) is 59.5 Å². The molecular weight excluding hydrogens is 409 g/mol. The summed E-state index contributed by atoms with van der Waals surface area (Å²) in [6.07, 6.45) is 2.65. The van der Waals surface area contributed by atoms with Gasteiger partial charge in [0.25, 0.3) is 0 Å². The molecule has 8 nitrogen and oxygen atoms in total. The van der Waals surface area contributed by atoms with Crippen LogP contribution in [0, 0.1) is 0 Å². The van der Waals surface area contributed by atoms with E-state index in [9.17, 15) is 13.2 Å². The second kappa shape index (κ2) is 7.24. The minimum atomic E-state index is -4.56. The largest absolute Gasteiger partial charge is 0.416 e. The fourth-order valence-corrected chi connectivity index (χ4v) is 3.07. The molecule has 0 bridgehead atoms. The molecule has 0 aliphatic carbocycles. The third-order valence-electron chi connectivity index (χ3n) is 4.10. The van der Waals surface area contributed by atoms with Crippen LogP contribution in [0.2, 0.25) is 5.02 Å². The molecule has 0 aliphatic heterocycles. The minimum Gasteiger partial charge on any atom is -0.361 e. The predicted molar refractivity (Wildman–Crippen MR) is 98.5 cm³/mol. The first-order valence-electron chi connectivity index (χ1n) is 8.30. The van der Waals surface area contributed by atoms with Crippen LogP contribution < -0.4 is 5.32 Å². The van der Waals surface area contributed by atoms with Crippen LogP contribution in [0.3, 0.4) is 0 Å². The topological polar surface area (TPSA) is 94.3 Å². The average Bonchev–Trinajstić information content (AvgIpc) is 3.22. The van der Waals surface area contributed by atoms with Crippen LogP contribution in [-0.4, -0.2) is 34.9 Å². The quantitative estimate of drug-likeness (QED) is 0.536. The zero-order valence-electron chi connectivity index (χ0n) is 14.8. The van der Waals surface area contributed by atoms with Crippen molar-refractivity contribution in [1.82, 2.24) is 34.9 Å². The first-order valence-corrected chi connectivity index (χ1v) is 8.68. The maximum absolute atomic E-state index is 13.2. The van der Waals surface area contributed by atoms with E-state index >= 15 is 0 Å². The van der Waals surface area contributed by atoms with Gasteiger partial charge in [0, 0.05) is 17.8 Å². The molecule has 0 aliphatic rings. The van der Waals surface area contributed by atoms with Crippen molar-refractivity contribution in [2.45, 2.75) is 19.1 Å². The van der Waals surface area contributed by atoms with Crippen molar-refractivity contribution in [2.24, 2.45) is 0 Å². The molecule has 0 saturated heterocycles. The highest BCUT2D eigenvalue weighted by Crippen LogP contribution is 2.36. The summed E-state index contributed by atoms with van der Waals surface area (Å²) < 4.78 is 39.6. The normalized spacial score (nSPS) is 12.9. The summed E-state index contributed by atoms with van der Waals surface area (Å²) in [5.74, 6) is 0.561. The first-order chi connectivity index (χ1) is 13.8. The summed E-state index contributed by atoms with van der Waals surface area (Å²) in [4.78, 5) is 17.9. The predicted octanol–water partition coefficient (Wildman–Crippen LogP) is 3.85. The van der Waals surface area contributed by atoms with Crippen LogP contribution in [0.15, 0.2) is 43.2 Å². The lowest BCUT2D eigenvalue weighted by molar-refractivity contribution is -0.137. The van der Waals surface area contributed by atoms with Crippen molar-refractivity contribution >= 4 is 28.3 Å². The zero-order chi connectivity index (χ0) is 20.6. The second-order valence-electron chi connectivity index (χ2n) is 6.02. The summed E-state index contributed by atoms with van der Waals surface area (Å²) >= 11 is 6.03. The molecule has 148 valence electrons. The number of benzene rings is 1. The molecule has 1 N–H and O–H groups in total. The lowest BCUT2D eigenvalue weighted by atomic mass is 10.1. The number of anilines is 1. The minimum absolute atomic E-state index is 0.117. The number of hydrogen-bond acceptors (Lipinski definition) is 7. The number of aromatic nitrogens is 7. The molecule has 0 radical (unpaired) electrons. The zero-order valence-corrected chi connectivity index (χ0v) is 15.5. The number of hydrogen-bond donors (Lipinski definition) is 1. The Morgan fingerprint density at radius 3 is 2.45 bits per heavy atom. The molecule has 29 heavy (non-hydrogen) atoms. The van der Waals surface area contributed by atoms with Crippen LogP contribution in [0.25, 0.3) is 16.7 Å². The van der Waals surface area contributed by atoms with E-state index in [0.29, 0.717) is 11.5 Å². The molecule has 4 aromatic rings. The highest BCUT2D eigenvalue weighted by Gasteiger charge is 2.32. The fourth-order valence-electron chi connectivity index (χ4n) is 2.80. The number of alkyl halides is 3. The van der Waals surface area contributed by atoms with E-state index in [-0.39, 0.29) is 21.7 Å². The Labute approximate surface area is 166 Å². The van der Waals surface area contributed by atoms with Crippen LogP contribution in [0.4, 0.5) is 19.0 Å². The van der Waals surface area contributed by atoms with Gasteiger partial charge in [-0.25, -0.2) is 15.0 Å². The number of rotatable bonds is 4. The second-order valence-corrected chi connectivity index (χ2v) is 6.43. The molecule has 12 heteroatoms. The fraction of sp³-hybridized carbons (Fsp3) is 0.176. The average molecular weight is 421 g/mol. The number of fused-ring (bicyclic) bond motifs is 1. The number of nitrogens with one attached hydrogen (secondary N) is 1. The van der Waals surface area contributed by atoms with Crippen molar-refractivity contribution in [2.75, 3.05) is 5.32 Å². The van der Waals surface area contributed by atoms with Gasteiger partial charge in [-0.2, -0.15) is 23.4 Å². The van der Waals surface area contributed by atoms with E-state index in [1.54, 1.807) is 6.92 Å². The van der Waals surface area contributed by atoms with Gasteiger partial charge < -0.3 is 5.32 Å². The molecule has 4 rings (SSSR count). The summed E-state index contributed by atoms with van der Waals surface area (Å²) in [6.45, 7) is 1.76. The van der Waals surface area contributed by atoms with E-state index in [2.05, 4.69) is 35.5 Å². The third kappa shape index (κ3) is 3.68. The summed E-state index contributed by atoms with van der Waals surface area (Å²) in [5, 5.41) is 11.2. The molecule has 3 aromatic heterocycles. The lowest BCUT2D eigenvalue weighted by Crippen LogP contribution is -2.16. The molecule has 1 aromatic carbocycles. The molecule has 3 heterocycles. The molecule has 1 unspecified atom stereocenters. The van der Waals surface area contributed by atoms with Gasteiger partial charge in [0.1, 0.15) is 17.8 Å². The molecule has 0 spiro atoms. The standard InChI is InChI=1S/C17H12ClF3N8/c1-9(13-16(23-3-2-22-13)29-26-4-5-27-29)28-15-11-6-10(17(19,20)21)7-12(18)14(11)24-8-25-15/h2-9H,1H3,(H,24,25,28). The van der Waals surface area contributed by atoms with Crippen LogP contribution in [0.1, 0.15) is 24.2 Å². The Kier molecular flexibility index (Phi) is 4.74. The van der Waals surface area contributed by atoms with Crippen molar-refractivity contribution in [3.8, 4) is 5.82 Å². The molecule has 0 saturated carbocycles. The smallest absolute Gasteiger partial charge is 0.361 e. The monoisotopic (exact) mass is 420 g/mol. The Bertz CT molecular complexity index is 1160. The van der Waals surface area contributed by atoms with Gasteiger partial charge >= 0.3 is 6.18 Å². The van der Waals surface area contributed by atoms with Gasteiger partial charge in [-0.1, -0.05) is 11.6 Å². The van der Waals surface area contributed by atoms with E-state index in [1.165, 1.54) is 35.9 Å². The van der Waals surface area contributed by atoms with Crippen molar-refractivity contribution < 1.29 is 13.2 Å². The molecule has 1 atom stereocenters. The Morgan fingerprint density at radius 2 is 1.72 bits per heavy atom. The molecule has 0 fully saturated rings. The lowest BCUT2D eigenvalue weighted by Gasteiger charge is -2.18. The van der Waals surface area contributed by atoms with E-state index in [1.807, 2.05) is 0 Å². The van der Waals surface area contributed by atoms with Gasteiger partial charge in [-0.3, -0.25) is 4.98 Å². The Hall–Kier alpha value is -3.34. The van der Waals surface area contributed by atoms with Crippen LogP contribution in [0.5, 0.6) is 0 Å². The van der Waals surface area contributed by atoms with Crippen LogP contribution >= 0.6 is 11.6 Å². The number of halogens is 4. The summed E-state index contributed by atoms with van der Waals surface area (Å²) in [6, 6.07) is 1.31. The Balaban J connectivity index is 1.77. The SMILES string of the molecule is CC(Nc1ncnc2c(Cl)cc(C(F)(F)F)cc12)c1nccnc1-n1nccn1. The maximum Gasteiger partial charge on any atom is 0.416 e. The first kappa shape index (κ1) is 19.0. The highest BCUT2D eigenvalue weighted by atomic mass is 35.5. The van der Waals surface area contributed by atoms with Gasteiger partial charge in [0.15, 0.2) is 5.82 Å². The van der Waals surface area contributed by atoms with Gasteiger partial charge in [0.2, 0.25) is 0 Å². The summed E-state index contributed by atoms with van der Waals surface area (Å²) in [5.41, 5.74) is -0.201. The van der Waals surface area contributed by atoms with E-state index in [4.69, 9.17) is 11.6 Å². The summed E-state index contributed by atoms with van der Waals surface area (Å²) in [7, 11) is 0. The van der Waals surface area contributed by atoms with E-state index in [0.717, 1.165) is 12.1 Å². The molecule has 0 amide bonds. The van der Waals surface area contributed by atoms with Crippen LogP contribution in [-0.2, 0) is 6.18 Å². The van der Waals surface area contributed by atoms with Crippen molar-refractivity contribution in [1.29, 1.82) is 0 Å². The van der Waals surface area contributed by atoms with Gasteiger partial charge in [-0.15, -0.1) is 4.80 Å². The van der Waals surface area contributed by atoms with Gasteiger partial charge in [0.05, 0.1) is 34.5 Å². The Morgan fingerprint density at radius 1 is 1.00 bits per heavy atom. The highest BCUT2D eigenvalue weighted by molar-refractivity contribution is 6.35. The number of nitrogens with zero attached hydrogens (tertiary/aromatic N) is 7.